The van der Waals surface area contributed by atoms with Crippen LogP contribution in [0.1, 0.15) is 27.2 Å². The van der Waals surface area contributed by atoms with Crippen LogP contribution in [0.15, 0.2) is 0 Å². The summed E-state index contributed by atoms with van der Waals surface area (Å²) in [5.41, 5.74) is 0. The summed E-state index contributed by atoms with van der Waals surface area (Å²) in [5, 5.41) is 0. The van der Waals surface area contributed by atoms with Gasteiger partial charge in [-0.2, -0.15) is 0 Å². The Kier molecular flexibility index (Phi) is 5.49. The van der Waals surface area contributed by atoms with Crippen molar-refractivity contribution in [1.82, 2.24) is 1.08 Å². The third-order valence-electron chi connectivity index (χ3n) is 1.24. The third-order valence-corrected chi connectivity index (χ3v) is 6.54. The van der Waals surface area contributed by atoms with Crippen LogP contribution >= 0.6 is 0 Å². The Labute approximate surface area is 85.5 Å². The summed E-state index contributed by atoms with van der Waals surface area (Å²) in [6.07, 6.45) is 1.35. The van der Waals surface area contributed by atoms with Gasteiger partial charge in [-0.05, 0) is 0 Å². The zero-order chi connectivity index (χ0) is 7.49. The Morgan fingerprint density at radius 1 is 1.44 bits per heavy atom. The number of hydrogen-bond donors (Lipinski definition) is 0. The second-order valence-electron chi connectivity index (χ2n) is 2.94. The van der Waals surface area contributed by atoms with Crippen LogP contribution in [0.25, 0.3) is 0 Å². The van der Waals surface area contributed by atoms with E-state index in [9.17, 15) is 0 Å². The van der Waals surface area contributed by atoms with E-state index in [-0.39, 0.29) is 0 Å². The second-order valence-corrected chi connectivity index (χ2v) is 16.4. The van der Waals surface area contributed by atoms with E-state index >= 15 is 0 Å². The molecule has 0 heterocycles. The molecule has 0 amide bonds. The van der Waals surface area contributed by atoms with Crippen molar-refractivity contribution < 1.29 is 21.5 Å². The van der Waals surface area contributed by atoms with Crippen LogP contribution in [0, 0.1) is 0 Å². The average molecular weight is 270 g/mol. The van der Waals surface area contributed by atoms with Crippen molar-refractivity contribution in [3.63, 3.8) is 0 Å². The standard InChI is InChI=1S/C5H11IN.2Al.4H/c1-4-5(2,3)6-7;;;;;;/h4H2,1-3H3;;;;;;/q-1;;;;;;. The van der Waals surface area contributed by atoms with Crippen molar-refractivity contribution >= 4 is 33.0 Å². The molecule has 0 rings (SSSR count). The van der Waals surface area contributed by atoms with Crippen LogP contribution in [0.3, 0.4) is 0 Å². The summed E-state index contributed by atoms with van der Waals surface area (Å²) in [5.74, 6) is 0. The van der Waals surface area contributed by atoms with E-state index in [0.29, 0.717) is 24.9 Å². The van der Waals surface area contributed by atoms with Gasteiger partial charge in [0.15, 0.2) is 0 Å². The Bertz CT molecular complexity index is 85.0. The number of alkyl halides is 1. The van der Waals surface area contributed by atoms with Crippen LogP contribution in [-0.4, -0.2) is 37.5 Å². The first-order valence-corrected chi connectivity index (χ1v) is 7.15. The summed E-state index contributed by atoms with van der Waals surface area (Å²) in [4.78, 5) is 0. The second kappa shape index (κ2) is 4.60. The van der Waals surface area contributed by atoms with Crippen molar-refractivity contribution in [2.75, 3.05) is 0 Å². The number of halogens is 1. The molecule has 0 aromatic heterocycles. The topological polar surface area (TPSA) is 3.24 Å². The Morgan fingerprint density at radius 3 is 2.00 bits per heavy atom. The molecule has 0 aliphatic rings. The molecule has 54 valence electrons. The average Bonchev–Trinajstić information content (AvgIpc) is 1.63. The SMILES string of the molecule is CCC(C)(C)[I-][N]([AlH2])[AlH2]. The van der Waals surface area contributed by atoms with E-state index in [0.717, 1.165) is 0 Å². The summed E-state index contributed by atoms with van der Waals surface area (Å²) < 4.78 is 3.30. The summed E-state index contributed by atoms with van der Waals surface area (Å²) in [6, 6.07) is 0. The van der Waals surface area contributed by atoms with E-state index in [1.54, 1.807) is 0 Å². The fraction of sp³-hybridized carbons (Fsp3) is 1.00. The molecule has 0 fully saturated rings. The molecule has 0 unspecified atom stereocenters. The predicted molar refractivity (Wildman–Crippen MR) is 43.3 cm³/mol. The van der Waals surface area contributed by atoms with Gasteiger partial charge in [0, 0.05) is 0 Å². The van der Waals surface area contributed by atoms with Gasteiger partial charge in [-0.25, -0.2) is 0 Å². The van der Waals surface area contributed by atoms with E-state index in [1.807, 2.05) is 0 Å². The maximum atomic E-state index is 2.63. The number of nitrogens with zero attached hydrogens (tertiary/aromatic N) is 1. The fourth-order valence-electron chi connectivity index (χ4n) is 0.517. The first-order chi connectivity index (χ1) is 3.98. The van der Waals surface area contributed by atoms with Gasteiger partial charge < -0.3 is 0 Å². The molecular formula is C5H15Al2IN-. The van der Waals surface area contributed by atoms with Crippen LogP contribution < -0.4 is 21.5 Å². The van der Waals surface area contributed by atoms with Crippen LogP contribution in [0.2, 0.25) is 0 Å². The fourth-order valence-corrected chi connectivity index (χ4v) is 9.61. The molecule has 0 atom stereocenters. The van der Waals surface area contributed by atoms with E-state index in [2.05, 4.69) is 21.9 Å². The van der Waals surface area contributed by atoms with Gasteiger partial charge in [-0.1, -0.05) is 0 Å². The van der Waals surface area contributed by atoms with Crippen molar-refractivity contribution in [2.24, 2.45) is 0 Å². The minimum absolute atomic E-state index is 0.376. The van der Waals surface area contributed by atoms with Gasteiger partial charge in [0.1, 0.15) is 0 Å². The molecule has 0 saturated heterocycles. The predicted octanol–water partition coefficient (Wildman–Crippen LogP) is -3.42. The number of hydrogen-bond acceptors (Lipinski definition) is 1. The van der Waals surface area contributed by atoms with Crippen molar-refractivity contribution in [1.29, 1.82) is 0 Å². The summed E-state index contributed by atoms with van der Waals surface area (Å²) in [6.45, 7) is 7.08. The summed E-state index contributed by atoms with van der Waals surface area (Å²) >= 11 is 2.97. The Balaban J connectivity index is 3.58. The Morgan fingerprint density at radius 2 is 1.89 bits per heavy atom. The van der Waals surface area contributed by atoms with Crippen molar-refractivity contribution in [3.05, 3.63) is 0 Å². The molecule has 4 heteroatoms. The van der Waals surface area contributed by atoms with E-state index in [4.69, 9.17) is 0 Å². The molecule has 0 N–H and O–H groups in total. The first kappa shape index (κ1) is 10.8. The zero-order valence-corrected chi connectivity index (χ0v) is 13.2. The minimum atomic E-state index is 0.376. The Hall–Kier alpha value is 1.75. The zero-order valence-electron chi connectivity index (χ0n) is 7.03. The quantitative estimate of drug-likeness (QED) is 0.223. The van der Waals surface area contributed by atoms with Crippen LogP contribution in [0.5, 0.6) is 0 Å². The van der Waals surface area contributed by atoms with Gasteiger partial charge in [0.05, 0.1) is 0 Å². The molecule has 0 aromatic rings. The van der Waals surface area contributed by atoms with E-state index in [1.165, 1.54) is 39.4 Å². The maximum absolute atomic E-state index is 2.63. The first-order valence-electron chi connectivity index (χ1n) is 3.31. The van der Waals surface area contributed by atoms with Gasteiger partial charge in [0.2, 0.25) is 0 Å². The summed E-state index contributed by atoms with van der Waals surface area (Å²) in [7, 11) is 0. The molecular weight excluding hydrogens is 255 g/mol. The monoisotopic (exact) mass is 270 g/mol. The van der Waals surface area contributed by atoms with Crippen LogP contribution in [0.4, 0.5) is 0 Å². The molecule has 0 spiro atoms. The normalized spacial score (nSPS) is 12.9. The molecule has 0 radical (unpaired) electrons. The van der Waals surface area contributed by atoms with Gasteiger partial charge >= 0.3 is 86.2 Å². The molecule has 0 aliphatic carbocycles. The molecule has 9 heavy (non-hydrogen) atoms. The van der Waals surface area contributed by atoms with Crippen molar-refractivity contribution in [3.8, 4) is 0 Å². The molecule has 0 aromatic carbocycles. The van der Waals surface area contributed by atoms with Gasteiger partial charge in [-0.3, -0.25) is 0 Å². The van der Waals surface area contributed by atoms with Crippen LogP contribution in [-0.2, 0) is 0 Å². The molecule has 1 nitrogen and oxygen atoms in total. The van der Waals surface area contributed by atoms with E-state index < -0.39 is 0 Å². The van der Waals surface area contributed by atoms with Gasteiger partial charge in [-0.15, -0.1) is 0 Å². The molecule has 0 aliphatic heterocycles. The molecule has 0 bridgehead atoms. The van der Waals surface area contributed by atoms with Crippen molar-refractivity contribution in [2.45, 2.75) is 30.6 Å². The number of rotatable bonds is 3. The molecule has 0 saturated carbocycles. The van der Waals surface area contributed by atoms with Gasteiger partial charge in [0.25, 0.3) is 0 Å². The third kappa shape index (κ3) is 6.16.